The summed E-state index contributed by atoms with van der Waals surface area (Å²) < 4.78 is 4.77. The Hall–Kier alpha value is -4.39. The van der Waals surface area contributed by atoms with Crippen LogP contribution in [-0.2, 0) is 25.9 Å². The van der Waals surface area contributed by atoms with Gasteiger partial charge in [0.1, 0.15) is 11.4 Å². The zero-order valence-corrected chi connectivity index (χ0v) is 22.4. The third kappa shape index (κ3) is 7.56. The lowest BCUT2D eigenvalue weighted by Crippen LogP contribution is -2.32. The van der Waals surface area contributed by atoms with Gasteiger partial charge in [0, 0.05) is 59.2 Å². The van der Waals surface area contributed by atoms with Crippen LogP contribution in [0.15, 0.2) is 36.8 Å². The van der Waals surface area contributed by atoms with Crippen LogP contribution < -0.4 is 21.3 Å². The molecule has 0 bridgehead atoms. The van der Waals surface area contributed by atoms with Crippen molar-refractivity contribution >= 4 is 35.1 Å². The Labute approximate surface area is 221 Å². The summed E-state index contributed by atoms with van der Waals surface area (Å²) in [5, 5.41) is 10.9. The fourth-order valence-electron chi connectivity index (χ4n) is 3.75. The van der Waals surface area contributed by atoms with Gasteiger partial charge in [0.25, 0.3) is 17.7 Å². The van der Waals surface area contributed by atoms with Crippen molar-refractivity contribution in [3.63, 3.8) is 0 Å². The fraction of sp³-hybridized carbons (Fsp3) is 0.400. The van der Waals surface area contributed by atoms with Crippen molar-refractivity contribution < 1.29 is 19.2 Å². The summed E-state index contributed by atoms with van der Waals surface area (Å²) in [6.45, 7) is 1.62. The van der Waals surface area contributed by atoms with E-state index in [4.69, 9.17) is 0 Å². The van der Waals surface area contributed by atoms with E-state index >= 15 is 0 Å². The minimum absolute atomic E-state index is 0.0918. The van der Waals surface area contributed by atoms with Crippen LogP contribution in [0.4, 0.5) is 11.5 Å². The second-order valence-electron chi connectivity index (χ2n) is 9.21. The Bertz CT molecular complexity index is 1300. The van der Waals surface area contributed by atoms with Crippen molar-refractivity contribution in [3.05, 3.63) is 54.0 Å². The predicted molar refractivity (Wildman–Crippen MR) is 143 cm³/mol. The molecule has 13 nitrogen and oxygen atoms in total. The largest absolute Gasteiger partial charge is 0.356 e. The van der Waals surface area contributed by atoms with E-state index in [1.54, 1.807) is 60.9 Å². The third-order valence-electron chi connectivity index (χ3n) is 5.73. The lowest BCUT2D eigenvalue weighted by atomic mass is 10.3. The second-order valence-corrected chi connectivity index (χ2v) is 9.21. The van der Waals surface area contributed by atoms with Gasteiger partial charge in [-0.1, -0.05) is 0 Å². The molecule has 0 aliphatic rings. The van der Waals surface area contributed by atoms with Gasteiger partial charge in [-0.2, -0.15) is 0 Å². The molecule has 3 rings (SSSR count). The van der Waals surface area contributed by atoms with Crippen LogP contribution in [0.3, 0.4) is 0 Å². The Balaban J connectivity index is 1.51. The van der Waals surface area contributed by atoms with Gasteiger partial charge in [0.2, 0.25) is 11.7 Å². The van der Waals surface area contributed by atoms with Gasteiger partial charge in [-0.05, 0) is 45.3 Å². The maximum atomic E-state index is 12.9. The number of nitrogens with one attached hydrogen (secondary N) is 4. The summed E-state index contributed by atoms with van der Waals surface area (Å²) in [5.41, 5.74) is 1.24. The first kappa shape index (κ1) is 28.2. The van der Waals surface area contributed by atoms with Crippen LogP contribution in [0, 0.1) is 0 Å². The van der Waals surface area contributed by atoms with Gasteiger partial charge in [0.05, 0.1) is 5.69 Å². The first-order valence-electron chi connectivity index (χ1n) is 12.2. The van der Waals surface area contributed by atoms with Crippen molar-refractivity contribution in [1.29, 1.82) is 0 Å². The SMILES string of the molecule is CN(C)CCCNC(=O)CCNC(=O)c1nc(NC(=O)c2cc(NC(=O)c3cccn3C)cn2C)cn1C. The number of hydrogen-bond donors (Lipinski definition) is 4. The highest BCUT2D eigenvalue weighted by molar-refractivity contribution is 6.06. The highest BCUT2D eigenvalue weighted by atomic mass is 16.2. The Kier molecular flexibility index (Phi) is 9.44. The highest BCUT2D eigenvalue weighted by Crippen LogP contribution is 2.16. The number of amides is 4. The van der Waals surface area contributed by atoms with E-state index < -0.39 is 11.8 Å². The number of rotatable bonds is 12. The standard InChI is InChI=1S/C25H35N9O4/c1-31(2)12-7-10-26-21(35)9-11-27-25(38)22-29-20(16-34(22)5)30-24(37)19-14-17(15-33(19)4)28-23(36)18-8-6-13-32(18)3/h6,8,13-16H,7,9-12H2,1-5H3,(H,26,35)(H,27,38)(H,28,36)(H,30,37). The average Bonchev–Trinajstić information content (AvgIpc) is 3.54. The molecule has 0 saturated carbocycles. The molecular formula is C25H35N9O4. The summed E-state index contributed by atoms with van der Waals surface area (Å²) in [5.74, 6) is -1.07. The molecule has 13 heteroatoms. The third-order valence-corrected chi connectivity index (χ3v) is 5.73. The maximum absolute atomic E-state index is 12.9. The number of imidazole rings is 1. The molecule has 3 aromatic heterocycles. The first-order valence-corrected chi connectivity index (χ1v) is 12.2. The minimum atomic E-state index is -0.460. The monoisotopic (exact) mass is 525 g/mol. The Morgan fingerprint density at radius 1 is 0.868 bits per heavy atom. The molecule has 4 amide bonds. The van der Waals surface area contributed by atoms with E-state index in [1.807, 2.05) is 19.0 Å². The number of hydrogen-bond acceptors (Lipinski definition) is 6. The maximum Gasteiger partial charge on any atom is 0.287 e. The number of anilines is 2. The molecule has 3 aromatic rings. The van der Waals surface area contributed by atoms with Crippen molar-refractivity contribution in [1.82, 2.24) is 34.2 Å². The van der Waals surface area contributed by atoms with Crippen LogP contribution in [0.2, 0.25) is 0 Å². The van der Waals surface area contributed by atoms with Gasteiger partial charge in [0.15, 0.2) is 5.82 Å². The van der Waals surface area contributed by atoms with Crippen molar-refractivity contribution in [2.75, 3.05) is 44.4 Å². The quantitative estimate of drug-likeness (QED) is 0.257. The molecule has 4 N–H and O–H groups in total. The number of carbonyl (C=O) groups is 4. The van der Waals surface area contributed by atoms with E-state index in [2.05, 4.69) is 26.3 Å². The Morgan fingerprint density at radius 2 is 1.61 bits per heavy atom. The summed E-state index contributed by atoms with van der Waals surface area (Å²) in [4.78, 5) is 56.0. The molecule has 3 heterocycles. The second kappa shape index (κ2) is 12.7. The van der Waals surface area contributed by atoms with Crippen molar-refractivity contribution in [2.45, 2.75) is 12.8 Å². The molecular weight excluding hydrogens is 490 g/mol. The van der Waals surface area contributed by atoms with E-state index in [1.165, 1.54) is 10.8 Å². The highest BCUT2D eigenvalue weighted by Gasteiger charge is 2.19. The van der Waals surface area contributed by atoms with Crippen LogP contribution >= 0.6 is 0 Å². The molecule has 0 aromatic carbocycles. The van der Waals surface area contributed by atoms with E-state index in [0.29, 0.717) is 23.6 Å². The summed E-state index contributed by atoms with van der Waals surface area (Å²) >= 11 is 0. The van der Waals surface area contributed by atoms with Crippen LogP contribution in [0.5, 0.6) is 0 Å². The van der Waals surface area contributed by atoms with Crippen molar-refractivity contribution in [3.8, 4) is 0 Å². The molecule has 204 valence electrons. The topological polar surface area (TPSA) is 147 Å². The minimum Gasteiger partial charge on any atom is -0.356 e. The van der Waals surface area contributed by atoms with Gasteiger partial charge in [-0.3, -0.25) is 19.2 Å². The predicted octanol–water partition coefficient (Wildman–Crippen LogP) is 0.790. The van der Waals surface area contributed by atoms with Gasteiger partial charge in [-0.25, -0.2) is 4.98 Å². The number of carbonyl (C=O) groups excluding carboxylic acids is 4. The summed E-state index contributed by atoms with van der Waals surface area (Å²) in [6, 6.07) is 5.02. The van der Waals surface area contributed by atoms with E-state index in [0.717, 1.165) is 13.0 Å². The number of nitrogens with zero attached hydrogens (tertiary/aromatic N) is 5. The van der Waals surface area contributed by atoms with E-state index in [-0.39, 0.29) is 36.4 Å². The normalized spacial score (nSPS) is 10.9. The van der Waals surface area contributed by atoms with E-state index in [9.17, 15) is 19.2 Å². The molecule has 0 aliphatic carbocycles. The molecule has 38 heavy (non-hydrogen) atoms. The summed E-state index contributed by atoms with van der Waals surface area (Å²) in [7, 11) is 9.03. The molecule has 0 radical (unpaired) electrons. The lowest BCUT2D eigenvalue weighted by Gasteiger charge is -2.10. The molecule has 0 spiro atoms. The lowest BCUT2D eigenvalue weighted by molar-refractivity contribution is -0.120. The zero-order valence-electron chi connectivity index (χ0n) is 22.4. The zero-order chi connectivity index (χ0) is 27.8. The molecule has 0 unspecified atom stereocenters. The van der Waals surface area contributed by atoms with Gasteiger partial charge >= 0.3 is 0 Å². The van der Waals surface area contributed by atoms with Crippen LogP contribution in [-0.4, -0.2) is 80.9 Å². The van der Waals surface area contributed by atoms with Crippen LogP contribution in [0.25, 0.3) is 0 Å². The first-order chi connectivity index (χ1) is 18.0. The van der Waals surface area contributed by atoms with Crippen LogP contribution in [0.1, 0.15) is 44.4 Å². The number of aryl methyl sites for hydroxylation is 3. The van der Waals surface area contributed by atoms with Gasteiger partial charge < -0.3 is 39.9 Å². The molecule has 0 atom stereocenters. The smallest absolute Gasteiger partial charge is 0.287 e. The molecule has 0 aliphatic heterocycles. The molecule has 0 fully saturated rings. The fourth-order valence-corrected chi connectivity index (χ4v) is 3.75. The van der Waals surface area contributed by atoms with Crippen molar-refractivity contribution in [2.24, 2.45) is 21.1 Å². The molecule has 0 saturated heterocycles. The Morgan fingerprint density at radius 3 is 2.29 bits per heavy atom. The van der Waals surface area contributed by atoms with Gasteiger partial charge in [-0.15, -0.1) is 0 Å². The number of aromatic nitrogens is 4. The average molecular weight is 526 g/mol. The summed E-state index contributed by atoms with van der Waals surface area (Å²) in [6.07, 6.45) is 5.92.